The highest BCUT2D eigenvalue weighted by molar-refractivity contribution is 7.14. The summed E-state index contributed by atoms with van der Waals surface area (Å²) in [6.07, 6.45) is 0.973. The maximum Gasteiger partial charge on any atom is 0.206 e. The molecule has 3 heteroatoms. The molecule has 17 heavy (non-hydrogen) atoms. The van der Waals surface area contributed by atoms with Gasteiger partial charge in [0.2, 0.25) is 5.78 Å². The third kappa shape index (κ3) is 2.07. The Morgan fingerprint density at radius 1 is 1.24 bits per heavy atom. The summed E-state index contributed by atoms with van der Waals surface area (Å²) in [5.41, 5.74) is 1.69. The molecule has 0 fully saturated rings. The Kier molecular flexibility index (Phi) is 3.20. The molecule has 0 unspecified atom stereocenters. The van der Waals surface area contributed by atoms with E-state index in [1.807, 2.05) is 32.9 Å². The van der Waals surface area contributed by atoms with Gasteiger partial charge in [0.1, 0.15) is 11.5 Å². The molecule has 0 spiro atoms. The van der Waals surface area contributed by atoms with Crippen LogP contribution in [0.2, 0.25) is 0 Å². The highest BCUT2D eigenvalue weighted by atomic mass is 32.1. The zero-order chi connectivity index (χ0) is 12.6. The van der Waals surface area contributed by atoms with Crippen molar-refractivity contribution in [1.82, 2.24) is 0 Å². The van der Waals surface area contributed by atoms with E-state index in [0.717, 1.165) is 33.9 Å². The summed E-state index contributed by atoms with van der Waals surface area (Å²) in [4.78, 5) is 14.4. The monoisotopic (exact) mass is 248 g/mol. The molecule has 2 heterocycles. The van der Waals surface area contributed by atoms with E-state index in [0.29, 0.717) is 0 Å². The van der Waals surface area contributed by atoms with E-state index in [4.69, 9.17) is 4.42 Å². The van der Waals surface area contributed by atoms with Gasteiger partial charge in [-0.2, -0.15) is 0 Å². The summed E-state index contributed by atoms with van der Waals surface area (Å²) in [7, 11) is 0. The van der Waals surface area contributed by atoms with Crippen molar-refractivity contribution in [3.05, 3.63) is 44.5 Å². The van der Waals surface area contributed by atoms with Gasteiger partial charge in [-0.1, -0.05) is 6.92 Å². The number of ketones is 1. The third-order valence-electron chi connectivity index (χ3n) is 3.02. The maximum atomic E-state index is 12.4. The molecule has 0 N–H and O–H groups in total. The van der Waals surface area contributed by atoms with Crippen LogP contribution in [0, 0.1) is 20.8 Å². The lowest BCUT2D eigenvalue weighted by Crippen LogP contribution is -2.01. The van der Waals surface area contributed by atoms with Crippen LogP contribution < -0.4 is 0 Å². The predicted octanol–water partition coefficient (Wildman–Crippen LogP) is 4.06. The van der Waals surface area contributed by atoms with Gasteiger partial charge in [0.05, 0.1) is 10.4 Å². The van der Waals surface area contributed by atoms with Crippen molar-refractivity contribution in [3.8, 4) is 0 Å². The van der Waals surface area contributed by atoms with Gasteiger partial charge in [0, 0.05) is 10.4 Å². The molecule has 0 aliphatic heterocycles. The van der Waals surface area contributed by atoms with Crippen molar-refractivity contribution in [1.29, 1.82) is 0 Å². The van der Waals surface area contributed by atoms with E-state index in [1.54, 1.807) is 11.3 Å². The number of rotatable bonds is 3. The van der Waals surface area contributed by atoms with Crippen LogP contribution in [-0.4, -0.2) is 5.78 Å². The molecule has 0 aliphatic carbocycles. The molecule has 2 rings (SSSR count). The van der Waals surface area contributed by atoms with Gasteiger partial charge < -0.3 is 4.42 Å². The van der Waals surface area contributed by atoms with Gasteiger partial charge in [0.25, 0.3) is 0 Å². The Balaban J connectivity index is 2.43. The zero-order valence-electron chi connectivity index (χ0n) is 10.6. The minimum absolute atomic E-state index is 0.0848. The average Bonchev–Trinajstić information content (AvgIpc) is 2.85. The molecule has 0 bridgehead atoms. The van der Waals surface area contributed by atoms with Gasteiger partial charge in [0.15, 0.2) is 0 Å². The fraction of sp³-hybridized carbons (Fsp3) is 0.357. The van der Waals surface area contributed by atoms with E-state index < -0.39 is 0 Å². The standard InChI is InChI=1S/C14H16O2S/c1-5-11-6-7-12(17-11)14(15)13-8(2)9(3)16-10(13)4/h6-7H,5H2,1-4H3. The second kappa shape index (κ2) is 4.49. The van der Waals surface area contributed by atoms with E-state index in [1.165, 1.54) is 4.88 Å². The lowest BCUT2D eigenvalue weighted by molar-refractivity contribution is 0.104. The smallest absolute Gasteiger partial charge is 0.206 e. The minimum Gasteiger partial charge on any atom is -0.466 e. The second-order valence-electron chi connectivity index (χ2n) is 4.16. The van der Waals surface area contributed by atoms with Gasteiger partial charge in [-0.3, -0.25) is 4.79 Å². The fourth-order valence-electron chi connectivity index (χ4n) is 1.94. The topological polar surface area (TPSA) is 30.2 Å². The lowest BCUT2D eigenvalue weighted by atomic mass is 10.1. The van der Waals surface area contributed by atoms with Crippen molar-refractivity contribution in [2.75, 3.05) is 0 Å². The summed E-state index contributed by atoms with van der Waals surface area (Å²) < 4.78 is 5.50. The Labute approximate surface area is 105 Å². The molecule has 0 aromatic carbocycles. The molecule has 0 amide bonds. The van der Waals surface area contributed by atoms with Crippen LogP contribution in [0.5, 0.6) is 0 Å². The van der Waals surface area contributed by atoms with E-state index >= 15 is 0 Å². The minimum atomic E-state index is 0.0848. The summed E-state index contributed by atoms with van der Waals surface area (Å²) in [6, 6.07) is 3.93. The van der Waals surface area contributed by atoms with Crippen LogP contribution >= 0.6 is 11.3 Å². The molecule has 0 saturated heterocycles. The normalized spacial score (nSPS) is 10.8. The molecule has 0 aliphatic rings. The molecule has 0 saturated carbocycles. The van der Waals surface area contributed by atoms with Gasteiger partial charge in [-0.25, -0.2) is 0 Å². The van der Waals surface area contributed by atoms with Crippen LogP contribution in [0.15, 0.2) is 16.5 Å². The second-order valence-corrected chi connectivity index (χ2v) is 5.33. The molecule has 2 aromatic rings. The summed E-state index contributed by atoms with van der Waals surface area (Å²) >= 11 is 1.57. The first-order chi connectivity index (χ1) is 8.04. The molecule has 2 aromatic heterocycles. The molecule has 2 nitrogen and oxygen atoms in total. The first kappa shape index (κ1) is 12.1. The van der Waals surface area contributed by atoms with Crippen molar-refractivity contribution < 1.29 is 9.21 Å². The Morgan fingerprint density at radius 3 is 2.41 bits per heavy atom. The number of carbonyl (C=O) groups is 1. The van der Waals surface area contributed by atoms with Gasteiger partial charge >= 0.3 is 0 Å². The Bertz CT molecular complexity index is 561. The Morgan fingerprint density at radius 2 is 1.94 bits per heavy atom. The number of aryl methyl sites for hydroxylation is 3. The number of thiophene rings is 1. The first-order valence-electron chi connectivity index (χ1n) is 5.74. The van der Waals surface area contributed by atoms with Gasteiger partial charge in [-0.05, 0) is 39.3 Å². The van der Waals surface area contributed by atoms with Crippen molar-refractivity contribution in [2.45, 2.75) is 34.1 Å². The lowest BCUT2D eigenvalue weighted by Gasteiger charge is -1.97. The number of hydrogen-bond acceptors (Lipinski definition) is 3. The molecular formula is C14H16O2S. The zero-order valence-corrected chi connectivity index (χ0v) is 11.4. The van der Waals surface area contributed by atoms with Crippen LogP contribution in [-0.2, 0) is 6.42 Å². The largest absolute Gasteiger partial charge is 0.466 e. The molecule has 0 radical (unpaired) electrons. The van der Waals surface area contributed by atoms with Crippen molar-refractivity contribution >= 4 is 17.1 Å². The Hall–Kier alpha value is -1.35. The van der Waals surface area contributed by atoms with E-state index in [-0.39, 0.29) is 5.78 Å². The van der Waals surface area contributed by atoms with Crippen molar-refractivity contribution in [2.24, 2.45) is 0 Å². The van der Waals surface area contributed by atoms with Crippen molar-refractivity contribution in [3.63, 3.8) is 0 Å². The van der Waals surface area contributed by atoms with E-state index in [9.17, 15) is 4.79 Å². The quantitative estimate of drug-likeness (QED) is 0.767. The third-order valence-corrected chi connectivity index (χ3v) is 4.25. The number of carbonyl (C=O) groups excluding carboxylic acids is 1. The fourth-order valence-corrected chi connectivity index (χ4v) is 2.83. The molecule has 90 valence electrons. The number of furan rings is 1. The maximum absolute atomic E-state index is 12.4. The first-order valence-corrected chi connectivity index (χ1v) is 6.56. The van der Waals surface area contributed by atoms with E-state index in [2.05, 4.69) is 6.92 Å². The van der Waals surface area contributed by atoms with Gasteiger partial charge in [-0.15, -0.1) is 11.3 Å². The summed E-state index contributed by atoms with van der Waals surface area (Å²) in [6.45, 7) is 7.78. The SMILES string of the molecule is CCc1ccc(C(=O)c2c(C)oc(C)c2C)s1. The van der Waals surface area contributed by atoms with Crippen LogP contribution in [0.3, 0.4) is 0 Å². The molecular weight excluding hydrogens is 232 g/mol. The predicted molar refractivity (Wildman–Crippen MR) is 70.0 cm³/mol. The summed E-state index contributed by atoms with van der Waals surface area (Å²) in [5, 5.41) is 0. The van der Waals surface area contributed by atoms with Crippen LogP contribution in [0.1, 0.15) is 44.1 Å². The average molecular weight is 248 g/mol. The van der Waals surface area contributed by atoms with Crippen LogP contribution in [0.4, 0.5) is 0 Å². The highest BCUT2D eigenvalue weighted by Crippen LogP contribution is 2.27. The summed E-state index contributed by atoms with van der Waals surface area (Å²) in [5.74, 6) is 1.64. The highest BCUT2D eigenvalue weighted by Gasteiger charge is 2.21. The van der Waals surface area contributed by atoms with Crippen LogP contribution in [0.25, 0.3) is 0 Å². The number of hydrogen-bond donors (Lipinski definition) is 0. The molecule has 0 atom stereocenters.